The van der Waals surface area contributed by atoms with Crippen LogP contribution >= 0.6 is 47.7 Å². The fraction of sp³-hybridized carbons (Fsp3) is 0.0690. The molecule has 1 amide bonds. The fourth-order valence-electron chi connectivity index (χ4n) is 4.63. The number of nitrogens with one attached hydrogen (secondary N) is 3. The molecule has 1 aromatic heterocycles. The zero-order chi connectivity index (χ0) is 42.9. The standard InChI is InChI=1S/C29H23ClN8O16S5.H2O/c1-13(39)31-20-11-18(58(44,45)46)8-14-9-21(57-54-52-43)25(26(41)24(14)20)38-37-19-10-16(4-7-22(19)59(47,48)49)33-29-35-27(30)34-28(36-29)32-15-2-5-17(6-3-15)56-50-23(40)12-55-53-51-42;/h2-11,41-43H,12H2,1H3,(H,31,39)(H,44,45,46)(H,47,48,49)(H2,32,33,34,35,36);1H2. The molecule has 1 heterocycles. The van der Waals surface area contributed by atoms with Crippen LogP contribution in [0.4, 0.5) is 40.3 Å². The van der Waals surface area contributed by atoms with Gasteiger partial charge in [0.25, 0.3) is 20.2 Å². The minimum atomic E-state index is -4.97. The number of phenols is 1. The van der Waals surface area contributed by atoms with Crippen LogP contribution in [-0.2, 0) is 52.8 Å². The van der Waals surface area contributed by atoms with E-state index in [9.17, 15) is 40.6 Å². The van der Waals surface area contributed by atoms with Gasteiger partial charge in [-0.2, -0.15) is 31.8 Å². The van der Waals surface area contributed by atoms with Crippen LogP contribution in [0.15, 0.2) is 90.5 Å². The Morgan fingerprint density at radius 3 is 2.10 bits per heavy atom. The molecular formula is C29H25ClN8O17S5. The number of rotatable bonds is 18. The summed E-state index contributed by atoms with van der Waals surface area (Å²) in [5.41, 5.74) is -0.799. The molecule has 0 fully saturated rings. The smallest absolute Gasteiger partial charge is 0.330 e. The number of aromatic hydroxyl groups is 1. The number of halogens is 1. The average molecular weight is 953 g/mol. The third-order valence-corrected chi connectivity index (χ3v) is 10.6. The molecular weight excluding hydrogens is 928 g/mol. The number of azo groups is 1. The lowest BCUT2D eigenvalue weighted by molar-refractivity contribution is -0.432. The maximum atomic E-state index is 12.4. The molecule has 0 aliphatic rings. The Morgan fingerprint density at radius 2 is 1.48 bits per heavy atom. The van der Waals surface area contributed by atoms with E-state index < -0.39 is 59.0 Å². The van der Waals surface area contributed by atoms with E-state index in [2.05, 4.69) is 59.9 Å². The Bertz CT molecular complexity index is 2650. The van der Waals surface area contributed by atoms with Crippen LogP contribution in [0.1, 0.15) is 6.92 Å². The van der Waals surface area contributed by atoms with Gasteiger partial charge in [0.2, 0.25) is 23.1 Å². The van der Waals surface area contributed by atoms with E-state index in [4.69, 9.17) is 26.3 Å². The summed E-state index contributed by atoms with van der Waals surface area (Å²) in [7, 11) is -9.81. The van der Waals surface area contributed by atoms with Crippen LogP contribution < -0.4 is 16.0 Å². The molecule has 25 nitrogen and oxygen atoms in total. The quantitative estimate of drug-likeness (QED) is 0.0125. The summed E-state index contributed by atoms with van der Waals surface area (Å²) < 4.78 is 81.9. The number of fused-ring (bicyclic) bond motifs is 1. The van der Waals surface area contributed by atoms with E-state index in [1.165, 1.54) is 6.07 Å². The van der Waals surface area contributed by atoms with Crippen molar-refractivity contribution in [2.45, 2.75) is 26.5 Å². The Hall–Kier alpha value is -5.03. The molecule has 0 radical (unpaired) electrons. The van der Waals surface area contributed by atoms with Gasteiger partial charge < -0.3 is 30.7 Å². The normalized spacial score (nSPS) is 11.6. The van der Waals surface area contributed by atoms with E-state index in [1.54, 1.807) is 24.3 Å². The van der Waals surface area contributed by atoms with Crippen LogP contribution in [0.3, 0.4) is 0 Å². The van der Waals surface area contributed by atoms with E-state index in [0.717, 1.165) is 49.3 Å². The largest absolute Gasteiger partial charge is 0.505 e. The van der Waals surface area contributed by atoms with Crippen molar-refractivity contribution in [2.24, 2.45) is 10.2 Å². The summed E-state index contributed by atoms with van der Waals surface area (Å²) in [6, 6.07) is 12.6. The number of carbonyl (C=O) groups excluding carboxylic acids is 2. The Labute approximate surface area is 354 Å². The first-order chi connectivity index (χ1) is 27.9. The highest BCUT2D eigenvalue weighted by molar-refractivity contribution is 7.96. The van der Waals surface area contributed by atoms with Crippen molar-refractivity contribution in [3.63, 3.8) is 0 Å². The van der Waals surface area contributed by atoms with E-state index >= 15 is 0 Å². The van der Waals surface area contributed by atoms with E-state index in [1.807, 2.05) is 0 Å². The minimum Gasteiger partial charge on any atom is -0.505 e. The van der Waals surface area contributed by atoms with Crippen LogP contribution in [0, 0.1) is 0 Å². The molecule has 31 heteroatoms. The summed E-state index contributed by atoms with van der Waals surface area (Å²) in [4.78, 5) is 34.8. The van der Waals surface area contributed by atoms with Crippen molar-refractivity contribution in [3.8, 4) is 5.75 Å². The van der Waals surface area contributed by atoms with Crippen LogP contribution in [0.25, 0.3) is 10.8 Å². The molecule has 320 valence electrons. The van der Waals surface area contributed by atoms with Gasteiger partial charge in [-0.15, -0.1) is 18.9 Å². The molecule has 5 rings (SSSR count). The molecule has 0 saturated carbocycles. The van der Waals surface area contributed by atoms with Crippen molar-refractivity contribution in [2.75, 3.05) is 21.7 Å². The Morgan fingerprint density at radius 1 is 0.833 bits per heavy atom. The average Bonchev–Trinajstić information content (AvgIpc) is 3.15. The second-order valence-electron chi connectivity index (χ2n) is 10.9. The van der Waals surface area contributed by atoms with Gasteiger partial charge in [-0.1, -0.05) is 10.1 Å². The van der Waals surface area contributed by atoms with Gasteiger partial charge in [0, 0.05) is 40.6 Å². The topological polar surface area (TPSA) is 381 Å². The summed E-state index contributed by atoms with van der Waals surface area (Å²) in [5.74, 6) is -2.63. The molecule has 0 aliphatic heterocycles. The summed E-state index contributed by atoms with van der Waals surface area (Å²) in [6.07, 6.45) is 0. The number of hydrogen-bond acceptors (Lipinski definition) is 24. The summed E-state index contributed by atoms with van der Waals surface area (Å²) >= 11 is 7.64. The molecule has 0 bridgehead atoms. The molecule has 0 aliphatic carbocycles. The second-order valence-corrected chi connectivity index (χ2v) is 16.2. The summed E-state index contributed by atoms with van der Waals surface area (Å²) in [6.45, 7) is 1.08. The first-order valence-corrected chi connectivity index (χ1v) is 20.9. The van der Waals surface area contributed by atoms with Gasteiger partial charge in [0.15, 0.2) is 5.75 Å². The highest BCUT2D eigenvalue weighted by Gasteiger charge is 2.23. The maximum Gasteiger partial charge on any atom is 0.330 e. The first-order valence-electron chi connectivity index (χ1n) is 15.2. The lowest BCUT2D eigenvalue weighted by Gasteiger charge is -2.14. The molecule has 0 spiro atoms. The summed E-state index contributed by atoms with van der Waals surface area (Å²) in [5, 5.41) is 50.6. The zero-order valence-corrected chi connectivity index (χ0v) is 34.2. The number of aromatic nitrogens is 3. The number of phenolic OH excluding ortho intramolecular Hbond substituents is 1. The predicted octanol–water partition coefficient (Wildman–Crippen LogP) is 5.96. The molecule has 10 N–H and O–H groups in total. The molecule has 4 aromatic carbocycles. The number of benzene rings is 4. The second kappa shape index (κ2) is 21.0. The SMILES string of the molecule is CC(=O)Nc1cc(S(=O)(=O)O)cc2cc(SOOO)c(N=Nc3cc(Nc4nc(Cl)nc(Nc5ccc(SOC(=O)CSOOO)cc5)n4)ccc3S(=O)(=O)O)c(O)c12.O. The van der Waals surface area contributed by atoms with Crippen molar-refractivity contribution < 1.29 is 79.6 Å². The van der Waals surface area contributed by atoms with E-state index in [-0.39, 0.29) is 67.5 Å². The minimum absolute atomic E-state index is 0. The number of carbonyl (C=O) groups is 2. The Kier molecular flexibility index (Phi) is 16.7. The molecule has 60 heavy (non-hydrogen) atoms. The lowest BCUT2D eigenvalue weighted by atomic mass is 10.1. The van der Waals surface area contributed by atoms with Crippen molar-refractivity contribution in [1.29, 1.82) is 0 Å². The van der Waals surface area contributed by atoms with Crippen LogP contribution in [0.2, 0.25) is 5.28 Å². The van der Waals surface area contributed by atoms with Gasteiger partial charge in [-0.3, -0.25) is 18.7 Å². The lowest BCUT2D eigenvalue weighted by Crippen LogP contribution is -2.08. The fourth-order valence-corrected chi connectivity index (χ4v) is 7.25. The van der Waals surface area contributed by atoms with Crippen molar-refractivity contribution in [1.82, 2.24) is 15.0 Å². The third kappa shape index (κ3) is 13.0. The van der Waals surface area contributed by atoms with Gasteiger partial charge in [-0.05, 0) is 77.7 Å². The number of anilines is 5. The monoisotopic (exact) mass is 952 g/mol. The van der Waals surface area contributed by atoms with Gasteiger partial charge >= 0.3 is 5.97 Å². The third-order valence-electron chi connectivity index (χ3n) is 6.84. The molecule has 0 atom stereocenters. The number of hydrogen-bond donors (Lipinski definition) is 8. The number of nitrogens with zero attached hydrogens (tertiary/aromatic N) is 5. The molecule has 0 saturated heterocycles. The maximum absolute atomic E-state index is 12.4. The predicted molar refractivity (Wildman–Crippen MR) is 211 cm³/mol. The van der Waals surface area contributed by atoms with Gasteiger partial charge in [0.1, 0.15) is 22.0 Å². The Balaban J connectivity index is 0.00000794. The first kappa shape index (κ1) is 47.6. The highest BCUT2D eigenvalue weighted by Crippen LogP contribution is 2.47. The van der Waals surface area contributed by atoms with Crippen LogP contribution in [0.5, 0.6) is 5.75 Å². The number of amides is 1. The van der Waals surface area contributed by atoms with Gasteiger partial charge in [-0.25, -0.2) is 10.5 Å². The van der Waals surface area contributed by atoms with Crippen molar-refractivity contribution >= 4 is 131 Å². The zero-order valence-electron chi connectivity index (χ0n) is 29.4. The highest BCUT2D eigenvalue weighted by atomic mass is 35.5. The van der Waals surface area contributed by atoms with Crippen LogP contribution in [-0.4, -0.2) is 79.6 Å². The van der Waals surface area contributed by atoms with Gasteiger partial charge in [0.05, 0.1) is 39.6 Å². The van der Waals surface area contributed by atoms with E-state index in [0.29, 0.717) is 22.6 Å². The molecule has 0 unspecified atom stereocenters. The van der Waals surface area contributed by atoms with Crippen molar-refractivity contribution in [3.05, 3.63) is 65.9 Å². The molecule has 5 aromatic rings.